The van der Waals surface area contributed by atoms with Gasteiger partial charge in [-0.15, -0.1) is 0 Å². The zero-order valence-electron chi connectivity index (χ0n) is 18.5. The van der Waals surface area contributed by atoms with Crippen LogP contribution in [0.15, 0.2) is 66.7 Å². The standard InChI is InChI=1S/C24H26N2O6/c1-5-31-22(27)21(32-23-25-19(28-2)16-20(26-23)29-3)24(30-4,17-12-8-6-9-13-17)18-14-10-7-11-15-18/h6-16,21H,5H2,1-4H3/t21-/m1/s1. The normalized spacial score (nSPS) is 12.0. The number of esters is 1. The lowest BCUT2D eigenvalue weighted by molar-refractivity contribution is -0.166. The number of hydrogen-bond donors (Lipinski definition) is 0. The maximum Gasteiger partial charge on any atom is 0.351 e. The molecular formula is C24H26N2O6. The molecule has 1 aromatic heterocycles. The molecule has 0 bridgehead atoms. The summed E-state index contributed by atoms with van der Waals surface area (Å²) in [5, 5.41) is 0. The first-order chi connectivity index (χ1) is 15.6. The number of benzene rings is 2. The largest absolute Gasteiger partial charge is 0.481 e. The third kappa shape index (κ3) is 4.65. The Labute approximate surface area is 187 Å². The number of aromatic nitrogens is 2. The summed E-state index contributed by atoms with van der Waals surface area (Å²) in [5.74, 6) is -0.193. The molecule has 0 aliphatic rings. The van der Waals surface area contributed by atoms with E-state index in [0.29, 0.717) is 11.1 Å². The Morgan fingerprint density at radius 2 is 1.38 bits per heavy atom. The molecule has 0 saturated carbocycles. The van der Waals surface area contributed by atoms with Gasteiger partial charge in [-0.25, -0.2) is 4.79 Å². The van der Waals surface area contributed by atoms with E-state index in [2.05, 4.69) is 9.97 Å². The topological polar surface area (TPSA) is 89.0 Å². The lowest BCUT2D eigenvalue weighted by Gasteiger charge is -2.38. The second-order valence-corrected chi connectivity index (χ2v) is 6.66. The average Bonchev–Trinajstić information content (AvgIpc) is 2.85. The first kappa shape index (κ1) is 23.0. The fourth-order valence-electron chi connectivity index (χ4n) is 3.45. The molecule has 1 atom stereocenters. The number of nitrogens with zero attached hydrogens (tertiary/aromatic N) is 2. The summed E-state index contributed by atoms with van der Waals surface area (Å²) in [4.78, 5) is 21.7. The van der Waals surface area contributed by atoms with Crippen LogP contribution in [0, 0.1) is 0 Å². The van der Waals surface area contributed by atoms with Gasteiger partial charge in [-0.05, 0) is 18.1 Å². The molecule has 32 heavy (non-hydrogen) atoms. The van der Waals surface area contributed by atoms with Gasteiger partial charge in [0.05, 0.1) is 26.9 Å². The number of rotatable bonds is 10. The molecule has 3 rings (SSSR count). The highest BCUT2D eigenvalue weighted by Crippen LogP contribution is 2.39. The number of carbonyl (C=O) groups excluding carboxylic acids is 1. The predicted octanol–water partition coefficient (Wildman–Crippen LogP) is 3.39. The van der Waals surface area contributed by atoms with Gasteiger partial charge in [-0.3, -0.25) is 0 Å². The molecule has 0 radical (unpaired) electrons. The minimum Gasteiger partial charge on any atom is -0.481 e. The summed E-state index contributed by atoms with van der Waals surface area (Å²) in [6.45, 7) is 1.88. The highest BCUT2D eigenvalue weighted by atomic mass is 16.6. The van der Waals surface area contributed by atoms with Gasteiger partial charge in [-0.1, -0.05) is 60.7 Å². The van der Waals surface area contributed by atoms with Gasteiger partial charge in [0.1, 0.15) is 0 Å². The number of methoxy groups -OCH3 is 3. The van der Waals surface area contributed by atoms with Crippen LogP contribution in [0.3, 0.4) is 0 Å². The zero-order valence-corrected chi connectivity index (χ0v) is 18.5. The van der Waals surface area contributed by atoms with Crippen LogP contribution in [0.2, 0.25) is 0 Å². The van der Waals surface area contributed by atoms with Crippen LogP contribution < -0.4 is 14.2 Å². The van der Waals surface area contributed by atoms with Crippen molar-refractivity contribution in [3.8, 4) is 17.8 Å². The van der Waals surface area contributed by atoms with Gasteiger partial charge in [-0.2, -0.15) is 9.97 Å². The molecule has 0 saturated heterocycles. The SMILES string of the molecule is CCOC(=O)[C@@H](Oc1nc(OC)cc(OC)n1)C(OC)(c1ccccc1)c1ccccc1. The van der Waals surface area contributed by atoms with E-state index in [9.17, 15) is 4.79 Å². The Bertz CT molecular complexity index is 952. The van der Waals surface area contributed by atoms with E-state index in [1.165, 1.54) is 27.4 Å². The molecule has 0 unspecified atom stereocenters. The fraction of sp³-hybridized carbons (Fsp3) is 0.292. The van der Waals surface area contributed by atoms with E-state index in [0.717, 1.165) is 0 Å². The quantitative estimate of drug-likeness (QED) is 0.445. The lowest BCUT2D eigenvalue weighted by atomic mass is 9.81. The fourth-order valence-corrected chi connectivity index (χ4v) is 3.45. The summed E-state index contributed by atoms with van der Waals surface area (Å²) in [6.07, 6.45) is -1.28. The molecule has 0 N–H and O–H groups in total. The van der Waals surface area contributed by atoms with Gasteiger partial charge in [0.25, 0.3) is 0 Å². The molecule has 2 aromatic carbocycles. The van der Waals surface area contributed by atoms with E-state index >= 15 is 0 Å². The van der Waals surface area contributed by atoms with Crippen LogP contribution in [-0.4, -0.2) is 50.0 Å². The van der Waals surface area contributed by atoms with Crippen LogP contribution in [0.4, 0.5) is 0 Å². The second-order valence-electron chi connectivity index (χ2n) is 6.66. The Morgan fingerprint density at radius 1 is 0.875 bits per heavy atom. The van der Waals surface area contributed by atoms with E-state index in [1.54, 1.807) is 6.92 Å². The summed E-state index contributed by atoms with van der Waals surface area (Å²) in [6, 6.07) is 20.0. The third-order valence-corrected chi connectivity index (χ3v) is 4.90. The van der Waals surface area contributed by atoms with Crippen molar-refractivity contribution in [2.45, 2.75) is 18.6 Å². The van der Waals surface area contributed by atoms with Crippen LogP contribution in [-0.2, 0) is 19.9 Å². The van der Waals surface area contributed by atoms with Gasteiger partial charge in [0, 0.05) is 7.11 Å². The third-order valence-electron chi connectivity index (χ3n) is 4.90. The van der Waals surface area contributed by atoms with Gasteiger partial charge in [0.15, 0.2) is 5.60 Å². The van der Waals surface area contributed by atoms with Crippen molar-refractivity contribution in [3.63, 3.8) is 0 Å². The van der Waals surface area contributed by atoms with Gasteiger partial charge >= 0.3 is 12.0 Å². The highest BCUT2D eigenvalue weighted by molar-refractivity contribution is 5.78. The molecule has 1 heterocycles. The van der Waals surface area contributed by atoms with Crippen molar-refractivity contribution in [2.75, 3.05) is 27.9 Å². The average molecular weight is 438 g/mol. The minimum absolute atomic E-state index is 0.118. The Kier molecular flexibility index (Phi) is 7.62. The molecule has 0 aliphatic heterocycles. The van der Waals surface area contributed by atoms with Crippen molar-refractivity contribution in [1.29, 1.82) is 0 Å². The zero-order chi connectivity index (χ0) is 23.0. The predicted molar refractivity (Wildman–Crippen MR) is 117 cm³/mol. The van der Waals surface area contributed by atoms with Crippen molar-refractivity contribution in [2.24, 2.45) is 0 Å². The van der Waals surface area contributed by atoms with E-state index in [1.807, 2.05) is 60.7 Å². The van der Waals surface area contributed by atoms with Crippen molar-refractivity contribution >= 4 is 5.97 Å². The molecule has 8 heteroatoms. The van der Waals surface area contributed by atoms with E-state index in [-0.39, 0.29) is 24.4 Å². The lowest BCUT2D eigenvalue weighted by Crippen LogP contribution is -2.51. The van der Waals surface area contributed by atoms with E-state index < -0.39 is 17.7 Å². The second kappa shape index (κ2) is 10.6. The molecule has 0 amide bonds. The van der Waals surface area contributed by atoms with Gasteiger partial charge in [0.2, 0.25) is 17.9 Å². The summed E-state index contributed by atoms with van der Waals surface area (Å²) >= 11 is 0. The van der Waals surface area contributed by atoms with Crippen LogP contribution in [0.5, 0.6) is 17.8 Å². The monoisotopic (exact) mass is 438 g/mol. The van der Waals surface area contributed by atoms with E-state index in [4.69, 9.17) is 23.7 Å². The van der Waals surface area contributed by atoms with Crippen LogP contribution in [0.1, 0.15) is 18.1 Å². The Morgan fingerprint density at radius 3 is 1.78 bits per heavy atom. The maximum absolute atomic E-state index is 13.3. The molecule has 8 nitrogen and oxygen atoms in total. The number of hydrogen-bond acceptors (Lipinski definition) is 8. The first-order valence-corrected chi connectivity index (χ1v) is 10.1. The van der Waals surface area contributed by atoms with Crippen LogP contribution >= 0.6 is 0 Å². The molecule has 168 valence electrons. The molecular weight excluding hydrogens is 412 g/mol. The molecule has 0 fully saturated rings. The molecule has 0 spiro atoms. The summed E-state index contributed by atoms with van der Waals surface area (Å²) < 4.78 is 28.0. The number of carbonyl (C=O) groups is 1. The van der Waals surface area contributed by atoms with Crippen molar-refractivity contribution in [1.82, 2.24) is 9.97 Å². The number of ether oxygens (including phenoxy) is 5. The highest BCUT2D eigenvalue weighted by Gasteiger charge is 2.50. The minimum atomic E-state index is -1.35. The molecule has 3 aromatic rings. The smallest absolute Gasteiger partial charge is 0.351 e. The summed E-state index contributed by atoms with van der Waals surface area (Å²) in [5.41, 5.74) is 0.0391. The van der Waals surface area contributed by atoms with Crippen molar-refractivity contribution in [3.05, 3.63) is 77.9 Å². The Hall–Kier alpha value is -3.65. The Balaban J connectivity index is 2.21. The van der Waals surface area contributed by atoms with Gasteiger partial charge < -0.3 is 23.7 Å². The maximum atomic E-state index is 13.3. The van der Waals surface area contributed by atoms with Crippen LogP contribution in [0.25, 0.3) is 0 Å². The summed E-state index contributed by atoms with van der Waals surface area (Å²) in [7, 11) is 4.44. The first-order valence-electron chi connectivity index (χ1n) is 10.1. The van der Waals surface area contributed by atoms with Crippen molar-refractivity contribution < 1.29 is 28.5 Å². The molecule has 0 aliphatic carbocycles.